The molecular weight excluding hydrogens is 234 g/mol. The van der Waals surface area contributed by atoms with Crippen LogP contribution in [0, 0.1) is 0 Å². The molecule has 17 heavy (non-hydrogen) atoms. The van der Waals surface area contributed by atoms with Gasteiger partial charge in [-0.2, -0.15) is 12.6 Å². The van der Waals surface area contributed by atoms with Crippen LogP contribution in [0.15, 0.2) is 24.3 Å². The fourth-order valence-electron chi connectivity index (χ4n) is 1.52. The Hall–Kier alpha value is -0.870. The summed E-state index contributed by atoms with van der Waals surface area (Å²) in [5.41, 5.74) is 5.77. The van der Waals surface area contributed by atoms with Gasteiger partial charge in [0.2, 0.25) is 0 Å². The Labute approximate surface area is 109 Å². The van der Waals surface area contributed by atoms with E-state index in [0.29, 0.717) is 6.61 Å². The maximum atomic E-state index is 5.77. The average Bonchev–Trinajstić information content (AvgIpc) is 2.38. The van der Waals surface area contributed by atoms with Gasteiger partial charge in [-0.3, -0.25) is 0 Å². The second-order valence-electron chi connectivity index (χ2n) is 3.94. The van der Waals surface area contributed by atoms with Crippen LogP contribution in [0.2, 0.25) is 0 Å². The third-order valence-corrected chi connectivity index (χ3v) is 3.00. The third kappa shape index (κ3) is 5.33. The fourth-order valence-corrected chi connectivity index (χ4v) is 1.70. The lowest BCUT2D eigenvalue weighted by atomic mass is 10.1. The average molecular weight is 255 g/mol. The molecule has 1 rings (SSSR count). The Bertz CT molecular complexity index is 320. The van der Waals surface area contributed by atoms with Gasteiger partial charge in [0.25, 0.3) is 0 Å². The van der Waals surface area contributed by atoms with Crippen molar-refractivity contribution in [3.8, 4) is 11.5 Å². The molecule has 1 atom stereocenters. The SMILES string of the molecule is COc1ccccc1OCCCC[C@H](N)CS. The number of ether oxygens (including phenoxy) is 2. The van der Waals surface area contributed by atoms with Crippen LogP contribution in [0.25, 0.3) is 0 Å². The van der Waals surface area contributed by atoms with Crippen molar-refractivity contribution < 1.29 is 9.47 Å². The van der Waals surface area contributed by atoms with Gasteiger partial charge < -0.3 is 15.2 Å². The summed E-state index contributed by atoms with van der Waals surface area (Å²) in [6.45, 7) is 0.694. The first-order chi connectivity index (χ1) is 8.27. The van der Waals surface area contributed by atoms with Gasteiger partial charge in [0.1, 0.15) is 0 Å². The number of thiol groups is 1. The zero-order chi connectivity index (χ0) is 12.5. The lowest BCUT2D eigenvalue weighted by Crippen LogP contribution is -2.21. The van der Waals surface area contributed by atoms with Crippen molar-refractivity contribution >= 4 is 12.6 Å². The molecule has 0 radical (unpaired) electrons. The summed E-state index contributed by atoms with van der Waals surface area (Å²) in [6.07, 6.45) is 3.06. The van der Waals surface area contributed by atoms with Gasteiger partial charge in [0, 0.05) is 11.8 Å². The highest BCUT2D eigenvalue weighted by molar-refractivity contribution is 7.80. The molecule has 2 N–H and O–H groups in total. The number of benzene rings is 1. The molecular formula is C13H21NO2S. The molecule has 4 heteroatoms. The molecule has 0 aliphatic rings. The van der Waals surface area contributed by atoms with E-state index in [1.54, 1.807) is 7.11 Å². The molecule has 0 unspecified atom stereocenters. The van der Waals surface area contributed by atoms with Crippen molar-refractivity contribution in [1.82, 2.24) is 0 Å². The molecule has 0 aromatic heterocycles. The van der Waals surface area contributed by atoms with E-state index >= 15 is 0 Å². The number of hydrogen-bond donors (Lipinski definition) is 2. The molecule has 0 aliphatic heterocycles. The highest BCUT2D eigenvalue weighted by atomic mass is 32.1. The van der Waals surface area contributed by atoms with Crippen LogP contribution in [0.4, 0.5) is 0 Å². The van der Waals surface area contributed by atoms with Gasteiger partial charge in [0.05, 0.1) is 13.7 Å². The summed E-state index contributed by atoms with van der Waals surface area (Å²) in [5.74, 6) is 2.32. The van der Waals surface area contributed by atoms with Crippen LogP contribution in [0.5, 0.6) is 11.5 Å². The minimum atomic E-state index is 0.199. The largest absolute Gasteiger partial charge is 0.493 e. The van der Waals surface area contributed by atoms with Gasteiger partial charge in [0.15, 0.2) is 11.5 Å². The van der Waals surface area contributed by atoms with Crippen molar-refractivity contribution in [1.29, 1.82) is 0 Å². The summed E-state index contributed by atoms with van der Waals surface area (Å²) in [6, 6.07) is 7.88. The smallest absolute Gasteiger partial charge is 0.161 e. The minimum Gasteiger partial charge on any atom is -0.493 e. The molecule has 0 amide bonds. The predicted octanol–water partition coefficient (Wildman–Crippen LogP) is 2.50. The van der Waals surface area contributed by atoms with Crippen LogP contribution in [0.1, 0.15) is 19.3 Å². The normalized spacial score (nSPS) is 12.2. The Morgan fingerprint density at radius 2 is 1.94 bits per heavy atom. The molecule has 0 spiro atoms. The number of rotatable bonds is 8. The molecule has 0 saturated carbocycles. The lowest BCUT2D eigenvalue weighted by molar-refractivity contribution is 0.284. The third-order valence-electron chi connectivity index (χ3n) is 2.53. The maximum Gasteiger partial charge on any atom is 0.161 e. The van der Waals surface area contributed by atoms with E-state index in [4.69, 9.17) is 15.2 Å². The van der Waals surface area contributed by atoms with Crippen LogP contribution in [0.3, 0.4) is 0 Å². The summed E-state index contributed by atoms with van der Waals surface area (Å²) < 4.78 is 10.9. The molecule has 0 bridgehead atoms. The first-order valence-electron chi connectivity index (χ1n) is 5.90. The molecule has 1 aromatic carbocycles. The Morgan fingerprint density at radius 1 is 1.24 bits per heavy atom. The van der Waals surface area contributed by atoms with E-state index in [1.165, 1.54) is 0 Å². The van der Waals surface area contributed by atoms with E-state index in [2.05, 4.69) is 12.6 Å². The molecule has 3 nitrogen and oxygen atoms in total. The van der Waals surface area contributed by atoms with Crippen LogP contribution in [-0.2, 0) is 0 Å². The highest BCUT2D eigenvalue weighted by Gasteiger charge is 2.02. The maximum absolute atomic E-state index is 5.77. The van der Waals surface area contributed by atoms with Crippen molar-refractivity contribution in [2.45, 2.75) is 25.3 Å². The molecule has 0 aliphatic carbocycles. The standard InChI is InChI=1S/C13H21NO2S/c1-15-12-7-2-3-8-13(12)16-9-5-4-6-11(14)10-17/h2-3,7-8,11,17H,4-6,9-10,14H2,1H3/t11-/m0/s1. The van der Waals surface area contributed by atoms with Crippen LogP contribution >= 0.6 is 12.6 Å². The number of unbranched alkanes of at least 4 members (excludes halogenated alkanes) is 1. The van der Waals surface area contributed by atoms with Crippen molar-refractivity contribution in [3.63, 3.8) is 0 Å². The molecule has 0 fully saturated rings. The van der Waals surface area contributed by atoms with Crippen molar-refractivity contribution in [3.05, 3.63) is 24.3 Å². The van der Waals surface area contributed by atoms with Crippen molar-refractivity contribution in [2.75, 3.05) is 19.5 Å². The molecule has 1 aromatic rings. The number of hydrogen-bond acceptors (Lipinski definition) is 4. The Balaban J connectivity index is 2.22. The summed E-state index contributed by atoms with van der Waals surface area (Å²) in [7, 11) is 1.65. The lowest BCUT2D eigenvalue weighted by Gasteiger charge is -2.11. The second kappa shape index (κ2) is 8.25. The summed E-state index contributed by atoms with van der Waals surface area (Å²) in [5, 5.41) is 0. The van der Waals surface area contributed by atoms with Crippen molar-refractivity contribution in [2.24, 2.45) is 5.73 Å². The van der Waals surface area contributed by atoms with Gasteiger partial charge in [-0.05, 0) is 31.4 Å². The monoisotopic (exact) mass is 255 g/mol. The predicted molar refractivity (Wildman–Crippen MR) is 74.2 cm³/mol. The number of methoxy groups -OCH3 is 1. The van der Waals surface area contributed by atoms with Gasteiger partial charge in [-0.25, -0.2) is 0 Å². The molecule has 0 saturated heterocycles. The van der Waals surface area contributed by atoms with Gasteiger partial charge in [-0.1, -0.05) is 12.1 Å². The number of para-hydroxylation sites is 2. The first kappa shape index (κ1) is 14.2. The topological polar surface area (TPSA) is 44.5 Å². The fraction of sp³-hybridized carbons (Fsp3) is 0.538. The number of nitrogens with two attached hydrogens (primary N) is 1. The van der Waals surface area contributed by atoms with E-state index in [-0.39, 0.29) is 6.04 Å². The second-order valence-corrected chi connectivity index (χ2v) is 4.30. The Kier molecular flexibility index (Phi) is 6.89. The molecule has 0 heterocycles. The van der Waals surface area contributed by atoms with E-state index in [0.717, 1.165) is 36.5 Å². The van der Waals surface area contributed by atoms with E-state index in [1.807, 2.05) is 24.3 Å². The zero-order valence-corrected chi connectivity index (χ0v) is 11.2. The first-order valence-corrected chi connectivity index (χ1v) is 6.53. The minimum absolute atomic E-state index is 0.199. The highest BCUT2D eigenvalue weighted by Crippen LogP contribution is 2.25. The Morgan fingerprint density at radius 3 is 2.59 bits per heavy atom. The van der Waals surface area contributed by atoms with E-state index in [9.17, 15) is 0 Å². The quantitative estimate of drug-likeness (QED) is 0.554. The van der Waals surface area contributed by atoms with Crippen LogP contribution < -0.4 is 15.2 Å². The van der Waals surface area contributed by atoms with E-state index < -0.39 is 0 Å². The van der Waals surface area contributed by atoms with Gasteiger partial charge in [-0.15, -0.1) is 0 Å². The van der Waals surface area contributed by atoms with Crippen LogP contribution in [-0.4, -0.2) is 25.5 Å². The zero-order valence-electron chi connectivity index (χ0n) is 10.3. The summed E-state index contributed by atoms with van der Waals surface area (Å²) >= 11 is 4.15. The van der Waals surface area contributed by atoms with Gasteiger partial charge >= 0.3 is 0 Å². The molecule has 96 valence electrons. The summed E-state index contributed by atoms with van der Waals surface area (Å²) in [4.78, 5) is 0.